The van der Waals surface area contributed by atoms with Gasteiger partial charge in [0.1, 0.15) is 0 Å². The first-order chi connectivity index (χ1) is 10.9. The molecule has 8 heteroatoms. The Labute approximate surface area is 143 Å². The number of methoxy groups -OCH3 is 1. The Morgan fingerprint density at radius 2 is 2.17 bits per heavy atom. The number of urea groups is 1. The van der Waals surface area contributed by atoms with Gasteiger partial charge in [-0.25, -0.2) is 14.6 Å². The van der Waals surface area contributed by atoms with Crippen LogP contribution < -0.4 is 5.32 Å². The maximum Gasteiger partial charge on any atom is 0.339 e. The van der Waals surface area contributed by atoms with E-state index < -0.39 is 5.97 Å². The highest BCUT2D eigenvalue weighted by molar-refractivity contribution is 7.11. The molecule has 2 rings (SSSR count). The van der Waals surface area contributed by atoms with Crippen LogP contribution in [-0.4, -0.2) is 36.0 Å². The molecule has 1 N–H and O–H groups in total. The summed E-state index contributed by atoms with van der Waals surface area (Å²) in [6, 6.07) is 4.35. The molecular formula is C15H16ClN3O3S. The number of nitrogens with zero attached hydrogens (tertiary/aromatic N) is 2. The predicted octanol–water partition coefficient (Wildman–Crippen LogP) is 3.56. The van der Waals surface area contributed by atoms with Crippen molar-refractivity contribution in [2.75, 3.05) is 19.5 Å². The first-order valence-electron chi connectivity index (χ1n) is 6.72. The van der Waals surface area contributed by atoms with Gasteiger partial charge >= 0.3 is 12.0 Å². The van der Waals surface area contributed by atoms with E-state index in [1.54, 1.807) is 19.3 Å². The topological polar surface area (TPSA) is 71.5 Å². The number of nitrogens with one attached hydrogen (secondary N) is 1. The number of halogens is 1. The zero-order chi connectivity index (χ0) is 17.0. The Morgan fingerprint density at radius 3 is 2.78 bits per heavy atom. The molecule has 2 aromatic rings. The summed E-state index contributed by atoms with van der Waals surface area (Å²) in [6.45, 7) is 2.37. The number of hydrogen-bond donors (Lipinski definition) is 1. The van der Waals surface area contributed by atoms with Crippen LogP contribution >= 0.6 is 22.9 Å². The highest BCUT2D eigenvalue weighted by atomic mass is 35.5. The normalized spacial score (nSPS) is 10.3. The zero-order valence-corrected chi connectivity index (χ0v) is 14.5. The van der Waals surface area contributed by atoms with Gasteiger partial charge in [-0.2, -0.15) is 0 Å². The molecule has 6 nitrogen and oxygen atoms in total. The summed E-state index contributed by atoms with van der Waals surface area (Å²) in [5.41, 5.74) is 0.667. The van der Waals surface area contributed by atoms with E-state index in [1.807, 2.05) is 6.92 Å². The Morgan fingerprint density at radius 1 is 1.43 bits per heavy atom. The Bertz CT molecular complexity index is 733. The van der Waals surface area contributed by atoms with Gasteiger partial charge in [-0.3, -0.25) is 0 Å². The second-order valence-electron chi connectivity index (χ2n) is 4.82. The molecule has 1 aromatic heterocycles. The number of aromatic nitrogens is 1. The number of benzene rings is 1. The van der Waals surface area contributed by atoms with Crippen LogP contribution in [0.5, 0.6) is 0 Å². The van der Waals surface area contributed by atoms with Crippen molar-refractivity contribution in [1.82, 2.24) is 9.88 Å². The molecule has 0 saturated heterocycles. The number of aryl methyl sites for hydroxylation is 1. The van der Waals surface area contributed by atoms with Gasteiger partial charge in [-0.1, -0.05) is 11.6 Å². The van der Waals surface area contributed by atoms with Crippen LogP contribution in [0, 0.1) is 6.92 Å². The number of rotatable bonds is 4. The van der Waals surface area contributed by atoms with Gasteiger partial charge in [-0.15, -0.1) is 11.3 Å². The molecule has 0 aliphatic carbocycles. The molecule has 0 spiro atoms. The fourth-order valence-corrected chi connectivity index (χ4v) is 2.92. The third-order valence-corrected chi connectivity index (χ3v) is 4.26. The number of carbonyl (C=O) groups is 2. The van der Waals surface area contributed by atoms with Crippen molar-refractivity contribution >= 4 is 40.6 Å². The quantitative estimate of drug-likeness (QED) is 0.853. The minimum absolute atomic E-state index is 0.202. The fourth-order valence-electron chi connectivity index (χ4n) is 1.87. The number of esters is 1. The second kappa shape index (κ2) is 7.43. The number of amides is 2. The van der Waals surface area contributed by atoms with Crippen LogP contribution in [0.25, 0.3) is 0 Å². The lowest BCUT2D eigenvalue weighted by Gasteiger charge is -2.17. The zero-order valence-electron chi connectivity index (χ0n) is 12.9. The molecule has 122 valence electrons. The van der Waals surface area contributed by atoms with Gasteiger partial charge in [-0.05, 0) is 25.1 Å². The first-order valence-corrected chi connectivity index (χ1v) is 7.91. The van der Waals surface area contributed by atoms with Gasteiger partial charge in [0.2, 0.25) is 0 Å². The van der Waals surface area contributed by atoms with Crippen molar-refractivity contribution in [3.63, 3.8) is 0 Å². The Hall–Kier alpha value is -2.12. The van der Waals surface area contributed by atoms with Gasteiger partial charge in [0.05, 0.1) is 29.2 Å². The minimum Gasteiger partial charge on any atom is -0.465 e. The summed E-state index contributed by atoms with van der Waals surface area (Å²) in [7, 11) is 2.95. The van der Waals surface area contributed by atoms with Crippen molar-refractivity contribution in [3.8, 4) is 0 Å². The summed E-state index contributed by atoms with van der Waals surface area (Å²) in [5, 5.41) is 3.94. The SMILES string of the molecule is COC(=O)c1cc(NC(=O)N(C)Cc2cnc(C)s2)ccc1Cl. The van der Waals surface area contributed by atoms with E-state index in [9.17, 15) is 9.59 Å². The van der Waals surface area contributed by atoms with E-state index >= 15 is 0 Å². The predicted molar refractivity (Wildman–Crippen MR) is 90.1 cm³/mol. The number of ether oxygens (including phenoxy) is 1. The second-order valence-corrected chi connectivity index (χ2v) is 6.54. The summed E-state index contributed by atoms with van der Waals surface area (Å²) in [4.78, 5) is 30.5. The van der Waals surface area contributed by atoms with Gasteiger partial charge < -0.3 is 15.0 Å². The number of anilines is 1. The molecule has 0 aliphatic heterocycles. The average Bonchev–Trinajstić information content (AvgIpc) is 2.93. The number of carbonyl (C=O) groups excluding carboxylic acids is 2. The van der Waals surface area contributed by atoms with Crippen molar-refractivity contribution < 1.29 is 14.3 Å². The molecule has 0 radical (unpaired) electrons. The van der Waals surface area contributed by atoms with Crippen LogP contribution in [0.3, 0.4) is 0 Å². The largest absolute Gasteiger partial charge is 0.465 e. The molecular weight excluding hydrogens is 338 g/mol. The lowest BCUT2D eigenvalue weighted by atomic mass is 10.2. The Balaban J connectivity index is 2.06. The molecule has 1 heterocycles. The first kappa shape index (κ1) is 17.2. The average molecular weight is 354 g/mol. The molecule has 23 heavy (non-hydrogen) atoms. The highest BCUT2D eigenvalue weighted by Crippen LogP contribution is 2.22. The summed E-state index contributed by atoms with van der Waals surface area (Å²) in [6.07, 6.45) is 1.75. The van der Waals surface area contributed by atoms with Crippen molar-refractivity contribution in [1.29, 1.82) is 0 Å². The van der Waals surface area contributed by atoms with Crippen molar-refractivity contribution in [3.05, 3.63) is 44.9 Å². The molecule has 2 amide bonds. The standard InChI is InChI=1S/C15H16ClN3O3S/c1-9-17-7-11(23-9)8-19(2)15(21)18-10-4-5-13(16)12(6-10)14(20)22-3/h4-7H,8H2,1-3H3,(H,18,21). The van der Waals surface area contributed by atoms with Crippen LogP contribution in [0.2, 0.25) is 5.02 Å². The lowest BCUT2D eigenvalue weighted by molar-refractivity contribution is 0.0601. The number of hydrogen-bond acceptors (Lipinski definition) is 5. The van der Waals surface area contributed by atoms with E-state index in [1.165, 1.54) is 35.5 Å². The van der Waals surface area contributed by atoms with Gasteiger partial charge in [0.15, 0.2) is 0 Å². The summed E-state index contributed by atoms with van der Waals surface area (Å²) >= 11 is 7.49. The van der Waals surface area contributed by atoms with Gasteiger partial charge in [0, 0.05) is 23.8 Å². The van der Waals surface area contributed by atoms with Gasteiger partial charge in [0.25, 0.3) is 0 Å². The van der Waals surface area contributed by atoms with Crippen molar-refractivity contribution in [2.45, 2.75) is 13.5 Å². The smallest absolute Gasteiger partial charge is 0.339 e. The molecule has 0 saturated carbocycles. The van der Waals surface area contributed by atoms with E-state index in [0.717, 1.165) is 9.88 Å². The minimum atomic E-state index is -0.556. The third-order valence-electron chi connectivity index (χ3n) is 3.03. The van der Waals surface area contributed by atoms with E-state index in [-0.39, 0.29) is 16.6 Å². The summed E-state index contributed by atoms with van der Waals surface area (Å²) in [5.74, 6) is -0.556. The van der Waals surface area contributed by atoms with Crippen molar-refractivity contribution in [2.24, 2.45) is 0 Å². The Kier molecular flexibility index (Phi) is 5.57. The fraction of sp³-hybridized carbons (Fsp3) is 0.267. The molecule has 0 atom stereocenters. The maximum atomic E-state index is 12.2. The maximum absolute atomic E-state index is 12.2. The molecule has 0 unspecified atom stereocenters. The number of thiazole rings is 1. The van der Waals surface area contributed by atoms with Crippen LogP contribution in [-0.2, 0) is 11.3 Å². The van der Waals surface area contributed by atoms with E-state index in [4.69, 9.17) is 11.6 Å². The van der Waals surface area contributed by atoms with E-state index in [2.05, 4.69) is 15.0 Å². The molecule has 0 fully saturated rings. The molecule has 0 aliphatic rings. The molecule has 0 bridgehead atoms. The lowest BCUT2D eigenvalue weighted by Crippen LogP contribution is -2.30. The summed E-state index contributed by atoms with van der Waals surface area (Å²) < 4.78 is 4.65. The van der Waals surface area contributed by atoms with Crippen LogP contribution in [0.4, 0.5) is 10.5 Å². The molecule has 1 aromatic carbocycles. The van der Waals surface area contributed by atoms with Crippen LogP contribution in [0.15, 0.2) is 24.4 Å². The third kappa shape index (κ3) is 4.43. The van der Waals surface area contributed by atoms with E-state index in [0.29, 0.717) is 12.2 Å². The monoisotopic (exact) mass is 353 g/mol. The highest BCUT2D eigenvalue weighted by Gasteiger charge is 2.14. The van der Waals surface area contributed by atoms with Crippen LogP contribution in [0.1, 0.15) is 20.2 Å².